The zero-order chi connectivity index (χ0) is 17.6. The van der Waals surface area contributed by atoms with Crippen molar-refractivity contribution in [2.75, 3.05) is 18.2 Å². The fourth-order valence-electron chi connectivity index (χ4n) is 2.30. The Balaban J connectivity index is 1.55. The van der Waals surface area contributed by atoms with Crippen molar-refractivity contribution in [2.24, 2.45) is 0 Å². The van der Waals surface area contributed by atoms with E-state index in [-0.39, 0.29) is 5.91 Å². The molecule has 7 heteroatoms. The first-order valence-corrected chi connectivity index (χ1v) is 8.63. The van der Waals surface area contributed by atoms with Crippen molar-refractivity contribution in [3.8, 4) is 11.8 Å². The van der Waals surface area contributed by atoms with Gasteiger partial charge in [0.25, 0.3) is 0 Å². The second kappa shape index (κ2) is 7.73. The van der Waals surface area contributed by atoms with Crippen molar-refractivity contribution in [2.45, 2.75) is 11.6 Å². The van der Waals surface area contributed by atoms with Gasteiger partial charge < -0.3 is 15.0 Å². The zero-order valence-electron chi connectivity index (χ0n) is 13.6. The topological polar surface area (TPSA) is 90.8 Å². The second-order valence-corrected chi connectivity index (χ2v) is 6.31. The van der Waals surface area contributed by atoms with Crippen LogP contribution < -0.4 is 10.1 Å². The molecule has 0 atom stereocenters. The number of para-hydroxylation sites is 1. The van der Waals surface area contributed by atoms with Crippen molar-refractivity contribution >= 4 is 34.4 Å². The van der Waals surface area contributed by atoms with Gasteiger partial charge in [-0.05, 0) is 24.3 Å². The fraction of sp³-hybridized carbons (Fsp3) is 0.167. The Morgan fingerprint density at radius 1 is 1.36 bits per heavy atom. The van der Waals surface area contributed by atoms with Crippen molar-refractivity contribution in [3.05, 3.63) is 48.0 Å². The molecule has 0 spiro atoms. The van der Waals surface area contributed by atoms with E-state index in [4.69, 9.17) is 10.00 Å². The number of imidazole rings is 1. The lowest BCUT2D eigenvalue weighted by molar-refractivity contribution is -0.115. The number of fused-ring (bicyclic) bond motifs is 1. The van der Waals surface area contributed by atoms with Gasteiger partial charge in [0.2, 0.25) is 5.91 Å². The number of nitrogens with zero attached hydrogens (tertiary/aromatic N) is 2. The quantitative estimate of drug-likeness (QED) is 0.662. The molecule has 0 bridgehead atoms. The lowest BCUT2D eigenvalue weighted by Gasteiger charge is -2.06. The minimum absolute atomic E-state index is 0.131. The molecule has 0 aliphatic heterocycles. The summed E-state index contributed by atoms with van der Waals surface area (Å²) in [6, 6.07) is 14.6. The van der Waals surface area contributed by atoms with Gasteiger partial charge in [0.15, 0.2) is 5.16 Å². The monoisotopic (exact) mass is 352 g/mol. The minimum Gasteiger partial charge on any atom is -0.497 e. The molecule has 1 aromatic heterocycles. The average molecular weight is 352 g/mol. The number of benzene rings is 2. The van der Waals surface area contributed by atoms with Gasteiger partial charge in [-0.15, -0.1) is 0 Å². The summed E-state index contributed by atoms with van der Waals surface area (Å²) >= 11 is 1.48. The lowest BCUT2D eigenvalue weighted by atomic mass is 10.2. The number of H-pyrrole nitrogens is 1. The number of rotatable bonds is 6. The Bertz CT molecular complexity index is 946. The van der Waals surface area contributed by atoms with Gasteiger partial charge >= 0.3 is 0 Å². The van der Waals surface area contributed by atoms with Crippen molar-refractivity contribution in [1.29, 1.82) is 5.26 Å². The molecule has 2 N–H and O–H groups in total. The zero-order valence-corrected chi connectivity index (χ0v) is 14.4. The fourth-order valence-corrected chi connectivity index (χ4v) is 3.13. The number of nitrogens with one attached hydrogen (secondary N) is 2. The Morgan fingerprint density at radius 3 is 3.00 bits per heavy atom. The van der Waals surface area contributed by atoms with E-state index in [2.05, 4.69) is 21.4 Å². The maximum atomic E-state index is 12.0. The molecular weight excluding hydrogens is 336 g/mol. The van der Waals surface area contributed by atoms with Gasteiger partial charge in [0, 0.05) is 18.2 Å². The Hall–Kier alpha value is -2.98. The first kappa shape index (κ1) is 16.9. The largest absolute Gasteiger partial charge is 0.497 e. The van der Waals surface area contributed by atoms with Crippen LogP contribution in [0.2, 0.25) is 0 Å². The molecule has 0 radical (unpaired) electrons. The molecule has 0 aliphatic rings. The summed E-state index contributed by atoms with van der Waals surface area (Å²) < 4.78 is 5.19. The Morgan fingerprint density at radius 2 is 2.20 bits per heavy atom. The number of ether oxygens (including phenoxy) is 1. The third kappa shape index (κ3) is 4.11. The maximum absolute atomic E-state index is 12.0. The highest BCUT2D eigenvalue weighted by Crippen LogP contribution is 2.23. The van der Waals surface area contributed by atoms with E-state index >= 15 is 0 Å². The van der Waals surface area contributed by atoms with Gasteiger partial charge in [-0.1, -0.05) is 23.9 Å². The summed E-state index contributed by atoms with van der Waals surface area (Å²) in [6.45, 7) is 0. The number of aromatic amines is 1. The number of aromatic nitrogens is 2. The SMILES string of the molecule is COc1ccc2nc(SCCC(=O)Nc3ccccc3C#N)[nH]c2c1. The molecule has 0 saturated heterocycles. The summed E-state index contributed by atoms with van der Waals surface area (Å²) in [5.74, 6) is 1.22. The van der Waals surface area contributed by atoms with E-state index in [1.165, 1.54) is 11.8 Å². The number of hydrogen-bond donors (Lipinski definition) is 2. The van der Waals surface area contributed by atoms with Crippen LogP contribution in [0.15, 0.2) is 47.6 Å². The summed E-state index contributed by atoms with van der Waals surface area (Å²) in [7, 11) is 1.62. The van der Waals surface area contributed by atoms with E-state index < -0.39 is 0 Å². The van der Waals surface area contributed by atoms with Crippen LogP contribution in [0, 0.1) is 11.3 Å². The number of nitriles is 1. The van der Waals surface area contributed by atoms with Crippen LogP contribution in [0.4, 0.5) is 5.69 Å². The standard InChI is InChI=1S/C18H16N4O2S/c1-24-13-6-7-15-16(10-13)22-18(21-15)25-9-8-17(23)20-14-5-3-2-4-12(14)11-19/h2-7,10H,8-9H2,1H3,(H,20,23)(H,21,22). The molecular formula is C18H16N4O2S. The van der Waals surface area contributed by atoms with Crippen LogP contribution in [0.25, 0.3) is 11.0 Å². The molecule has 0 aliphatic carbocycles. The summed E-state index contributed by atoms with van der Waals surface area (Å²) in [5.41, 5.74) is 2.75. The molecule has 0 fully saturated rings. The van der Waals surface area contributed by atoms with Crippen molar-refractivity contribution in [3.63, 3.8) is 0 Å². The number of carbonyl (C=O) groups excluding carboxylic acids is 1. The van der Waals surface area contributed by atoms with Crippen LogP contribution in [0.1, 0.15) is 12.0 Å². The van der Waals surface area contributed by atoms with Gasteiger partial charge in [0.05, 0.1) is 29.4 Å². The third-order valence-corrected chi connectivity index (χ3v) is 4.43. The third-order valence-electron chi connectivity index (χ3n) is 3.56. The van der Waals surface area contributed by atoms with Crippen LogP contribution in [0.5, 0.6) is 5.75 Å². The normalized spacial score (nSPS) is 10.4. The highest BCUT2D eigenvalue weighted by atomic mass is 32.2. The van der Waals surface area contributed by atoms with Gasteiger partial charge in [-0.3, -0.25) is 4.79 Å². The molecule has 25 heavy (non-hydrogen) atoms. The average Bonchev–Trinajstić information content (AvgIpc) is 3.03. The van der Waals surface area contributed by atoms with E-state index in [9.17, 15) is 4.79 Å². The molecule has 1 amide bonds. The smallest absolute Gasteiger partial charge is 0.225 e. The predicted molar refractivity (Wildman–Crippen MR) is 97.8 cm³/mol. The van der Waals surface area contributed by atoms with Crippen molar-refractivity contribution < 1.29 is 9.53 Å². The number of thioether (sulfide) groups is 1. The van der Waals surface area contributed by atoms with Gasteiger partial charge in [0.1, 0.15) is 11.8 Å². The predicted octanol–water partition coefficient (Wildman–Crippen LogP) is 3.56. The highest BCUT2D eigenvalue weighted by molar-refractivity contribution is 7.99. The van der Waals surface area contributed by atoms with Crippen LogP contribution in [-0.4, -0.2) is 28.7 Å². The van der Waals surface area contributed by atoms with Gasteiger partial charge in [-0.25, -0.2) is 4.98 Å². The summed E-state index contributed by atoms with van der Waals surface area (Å²) in [5, 5.41) is 12.6. The molecule has 126 valence electrons. The molecule has 0 unspecified atom stereocenters. The first-order chi connectivity index (χ1) is 12.2. The van der Waals surface area contributed by atoms with Crippen LogP contribution >= 0.6 is 11.8 Å². The van der Waals surface area contributed by atoms with E-state index in [1.54, 1.807) is 31.4 Å². The highest BCUT2D eigenvalue weighted by Gasteiger charge is 2.08. The summed E-state index contributed by atoms with van der Waals surface area (Å²) in [6.07, 6.45) is 0.324. The van der Waals surface area contributed by atoms with Crippen molar-refractivity contribution in [1.82, 2.24) is 9.97 Å². The molecule has 3 aromatic rings. The molecule has 2 aromatic carbocycles. The van der Waals surface area contributed by atoms with E-state index in [0.717, 1.165) is 21.9 Å². The maximum Gasteiger partial charge on any atom is 0.225 e. The van der Waals surface area contributed by atoms with Crippen LogP contribution in [-0.2, 0) is 4.79 Å². The number of hydrogen-bond acceptors (Lipinski definition) is 5. The molecule has 1 heterocycles. The Labute approximate surface area is 149 Å². The molecule has 0 saturated carbocycles. The molecule has 6 nitrogen and oxygen atoms in total. The number of amides is 1. The minimum atomic E-state index is -0.131. The number of anilines is 1. The number of methoxy groups -OCH3 is 1. The second-order valence-electron chi connectivity index (χ2n) is 5.23. The van der Waals surface area contributed by atoms with E-state index in [1.807, 2.05) is 18.2 Å². The van der Waals surface area contributed by atoms with Crippen LogP contribution in [0.3, 0.4) is 0 Å². The Kier molecular flexibility index (Phi) is 5.21. The van der Waals surface area contributed by atoms with E-state index in [0.29, 0.717) is 23.4 Å². The number of carbonyl (C=O) groups is 1. The lowest BCUT2D eigenvalue weighted by Crippen LogP contribution is -2.13. The molecule has 3 rings (SSSR count). The van der Waals surface area contributed by atoms with Gasteiger partial charge in [-0.2, -0.15) is 5.26 Å². The summed E-state index contributed by atoms with van der Waals surface area (Å²) in [4.78, 5) is 19.7. The first-order valence-electron chi connectivity index (χ1n) is 7.65.